The Kier molecular flexibility index (Phi) is 3.94. The topological polar surface area (TPSA) is 53.2 Å². The molecule has 4 heteroatoms. The normalized spacial score (nSPS) is 14.4. The molecule has 0 fully saturated rings. The molecular formula is C21H18N2O2. The Morgan fingerprint density at radius 2 is 1.76 bits per heavy atom. The maximum absolute atomic E-state index is 12.8. The fraction of sp³-hybridized carbons (Fsp3) is 0.143. The molecule has 2 heterocycles. The van der Waals surface area contributed by atoms with Gasteiger partial charge in [0.25, 0.3) is 5.91 Å². The lowest BCUT2D eigenvalue weighted by Crippen LogP contribution is -2.37. The van der Waals surface area contributed by atoms with Crippen LogP contribution in [0.3, 0.4) is 0 Å². The lowest BCUT2D eigenvalue weighted by Gasteiger charge is -2.26. The monoisotopic (exact) mass is 330 g/mol. The number of hydrogen-bond acceptors (Lipinski definition) is 2. The molecule has 1 aliphatic rings. The average Bonchev–Trinajstić information content (AvgIpc) is 2.69. The van der Waals surface area contributed by atoms with Gasteiger partial charge >= 0.3 is 0 Å². The van der Waals surface area contributed by atoms with Crippen LogP contribution in [-0.2, 0) is 0 Å². The molecule has 4 rings (SSSR count). The third-order valence-electron chi connectivity index (χ3n) is 4.66. The van der Waals surface area contributed by atoms with E-state index >= 15 is 0 Å². The predicted octanol–water partition coefficient (Wildman–Crippen LogP) is 3.46. The Hall–Kier alpha value is -3.14. The van der Waals surface area contributed by atoms with Gasteiger partial charge in [0.1, 0.15) is 5.56 Å². The Balaban J connectivity index is 1.60. The minimum Gasteiger partial charge on any atom is -0.360 e. The highest BCUT2D eigenvalue weighted by atomic mass is 16.2. The van der Waals surface area contributed by atoms with E-state index in [1.54, 1.807) is 11.0 Å². The quantitative estimate of drug-likeness (QED) is 0.782. The largest absolute Gasteiger partial charge is 0.360 e. The smallest absolute Gasteiger partial charge is 0.259 e. The van der Waals surface area contributed by atoms with Crippen LogP contribution in [0, 0.1) is 0 Å². The molecule has 4 nitrogen and oxygen atoms in total. The number of aromatic nitrogens is 1. The number of aromatic amines is 1. The Bertz CT molecular complexity index is 1020. The molecule has 0 saturated heterocycles. The van der Waals surface area contributed by atoms with Crippen molar-refractivity contribution in [3.63, 3.8) is 0 Å². The van der Waals surface area contributed by atoms with E-state index in [9.17, 15) is 9.59 Å². The fourth-order valence-electron chi connectivity index (χ4n) is 3.26. The second-order valence-electron chi connectivity index (χ2n) is 6.17. The van der Waals surface area contributed by atoms with Crippen molar-refractivity contribution in [1.29, 1.82) is 0 Å². The summed E-state index contributed by atoms with van der Waals surface area (Å²) < 4.78 is 0. The van der Waals surface area contributed by atoms with Crippen LogP contribution >= 0.6 is 0 Å². The summed E-state index contributed by atoms with van der Waals surface area (Å²) in [5.41, 5.74) is 3.18. The fourth-order valence-corrected chi connectivity index (χ4v) is 3.26. The molecule has 2 aromatic carbocycles. The van der Waals surface area contributed by atoms with Gasteiger partial charge in [0.2, 0.25) is 5.43 Å². The second-order valence-corrected chi connectivity index (χ2v) is 6.17. The molecule has 3 aromatic rings. The maximum atomic E-state index is 12.8. The molecule has 0 atom stereocenters. The lowest BCUT2D eigenvalue weighted by atomic mass is 9.99. The van der Waals surface area contributed by atoms with Gasteiger partial charge in [-0.25, -0.2) is 0 Å². The van der Waals surface area contributed by atoms with Crippen molar-refractivity contribution in [1.82, 2.24) is 9.88 Å². The summed E-state index contributed by atoms with van der Waals surface area (Å²) in [6.07, 6.45) is 4.40. The first-order chi connectivity index (χ1) is 12.2. The van der Waals surface area contributed by atoms with Gasteiger partial charge in [-0.2, -0.15) is 0 Å². The zero-order chi connectivity index (χ0) is 17.2. The molecule has 25 heavy (non-hydrogen) atoms. The number of nitrogens with zero attached hydrogens (tertiary/aromatic N) is 1. The predicted molar refractivity (Wildman–Crippen MR) is 99.5 cm³/mol. The van der Waals surface area contributed by atoms with E-state index in [-0.39, 0.29) is 16.9 Å². The van der Waals surface area contributed by atoms with Crippen LogP contribution in [0.1, 0.15) is 22.3 Å². The Morgan fingerprint density at radius 1 is 1.00 bits per heavy atom. The molecule has 1 N–H and O–H groups in total. The Labute approximate surface area is 145 Å². The summed E-state index contributed by atoms with van der Waals surface area (Å²) in [5, 5.41) is 0.547. The van der Waals surface area contributed by atoms with Crippen LogP contribution in [-0.4, -0.2) is 28.9 Å². The molecular weight excluding hydrogens is 312 g/mol. The van der Waals surface area contributed by atoms with Gasteiger partial charge in [0.05, 0.1) is 0 Å². The standard InChI is InChI=1S/C21H18N2O2/c24-20-17-8-4-5-9-19(17)22-14-18(20)21(25)23-12-10-16(11-13-23)15-6-2-1-3-7-15/h1-10,14H,11-13H2,(H,22,24). The van der Waals surface area contributed by atoms with E-state index in [4.69, 9.17) is 0 Å². The number of H-pyrrole nitrogens is 1. The third kappa shape index (κ3) is 2.87. The number of hydrogen-bond donors (Lipinski definition) is 1. The molecule has 0 unspecified atom stereocenters. The minimum atomic E-state index is -0.213. The van der Waals surface area contributed by atoms with Gasteiger partial charge in [-0.1, -0.05) is 48.5 Å². The van der Waals surface area contributed by atoms with Crippen LogP contribution in [0.5, 0.6) is 0 Å². The molecule has 0 spiro atoms. The zero-order valence-electron chi connectivity index (χ0n) is 13.7. The zero-order valence-corrected chi connectivity index (χ0v) is 13.7. The summed E-state index contributed by atoms with van der Waals surface area (Å²) in [5.74, 6) is -0.213. The van der Waals surface area contributed by atoms with E-state index in [1.165, 1.54) is 17.3 Å². The highest BCUT2D eigenvalue weighted by molar-refractivity contribution is 5.97. The molecule has 124 valence electrons. The molecule has 0 bridgehead atoms. The highest BCUT2D eigenvalue weighted by Gasteiger charge is 2.22. The number of amides is 1. The maximum Gasteiger partial charge on any atom is 0.259 e. The summed E-state index contributed by atoms with van der Waals surface area (Å²) in [7, 11) is 0. The van der Waals surface area contributed by atoms with Gasteiger partial charge in [0.15, 0.2) is 0 Å². The van der Waals surface area contributed by atoms with E-state index in [1.807, 2.05) is 36.4 Å². The lowest BCUT2D eigenvalue weighted by molar-refractivity contribution is 0.0771. The molecule has 0 radical (unpaired) electrons. The first-order valence-corrected chi connectivity index (χ1v) is 8.38. The van der Waals surface area contributed by atoms with Crippen LogP contribution in [0.25, 0.3) is 16.5 Å². The van der Waals surface area contributed by atoms with Gasteiger partial charge < -0.3 is 9.88 Å². The number of carbonyl (C=O) groups excluding carboxylic acids is 1. The van der Waals surface area contributed by atoms with Crippen LogP contribution in [0.15, 0.2) is 71.7 Å². The average molecular weight is 330 g/mol. The molecule has 0 aliphatic carbocycles. The first-order valence-electron chi connectivity index (χ1n) is 8.38. The van der Waals surface area contributed by atoms with Gasteiger partial charge in [-0.15, -0.1) is 0 Å². The van der Waals surface area contributed by atoms with Crippen molar-refractivity contribution in [3.8, 4) is 0 Å². The summed E-state index contributed by atoms with van der Waals surface area (Å²) in [4.78, 5) is 30.2. The SMILES string of the molecule is O=C(c1c[nH]c2ccccc2c1=O)N1CC=C(c2ccccc2)CC1. The number of nitrogens with one attached hydrogen (secondary N) is 1. The number of rotatable bonds is 2. The number of fused-ring (bicyclic) bond motifs is 1. The summed E-state index contributed by atoms with van der Waals surface area (Å²) in [6.45, 7) is 1.14. The number of pyridine rings is 1. The molecule has 0 saturated carbocycles. The molecule has 1 aliphatic heterocycles. The molecule has 1 aromatic heterocycles. The van der Waals surface area contributed by atoms with Crippen molar-refractivity contribution in [3.05, 3.63) is 88.2 Å². The van der Waals surface area contributed by atoms with Gasteiger partial charge in [-0.3, -0.25) is 9.59 Å². The van der Waals surface area contributed by atoms with Crippen molar-refractivity contribution >= 4 is 22.4 Å². The highest BCUT2D eigenvalue weighted by Crippen LogP contribution is 2.22. The number of para-hydroxylation sites is 1. The van der Waals surface area contributed by atoms with Crippen LogP contribution < -0.4 is 5.43 Å². The second kappa shape index (κ2) is 6.40. The molecule has 1 amide bonds. The van der Waals surface area contributed by atoms with Crippen molar-refractivity contribution in [2.24, 2.45) is 0 Å². The first kappa shape index (κ1) is 15.4. The van der Waals surface area contributed by atoms with E-state index in [0.29, 0.717) is 18.5 Å². The van der Waals surface area contributed by atoms with Crippen molar-refractivity contribution in [2.75, 3.05) is 13.1 Å². The van der Waals surface area contributed by atoms with Gasteiger partial charge in [0, 0.05) is 30.2 Å². The summed E-state index contributed by atoms with van der Waals surface area (Å²) >= 11 is 0. The van der Waals surface area contributed by atoms with E-state index in [0.717, 1.165) is 11.9 Å². The minimum absolute atomic E-state index is 0.204. The summed E-state index contributed by atoms with van der Waals surface area (Å²) in [6, 6.07) is 17.4. The van der Waals surface area contributed by atoms with Gasteiger partial charge in [-0.05, 0) is 29.7 Å². The third-order valence-corrected chi connectivity index (χ3v) is 4.66. The van der Waals surface area contributed by atoms with Crippen molar-refractivity contribution < 1.29 is 4.79 Å². The number of carbonyl (C=O) groups is 1. The number of benzene rings is 2. The van der Waals surface area contributed by atoms with E-state index < -0.39 is 0 Å². The van der Waals surface area contributed by atoms with E-state index in [2.05, 4.69) is 23.2 Å². The van der Waals surface area contributed by atoms with Crippen molar-refractivity contribution in [2.45, 2.75) is 6.42 Å². The van der Waals surface area contributed by atoms with Crippen LogP contribution in [0.4, 0.5) is 0 Å². The van der Waals surface area contributed by atoms with Crippen LogP contribution in [0.2, 0.25) is 0 Å². The Morgan fingerprint density at radius 3 is 2.52 bits per heavy atom.